The minimum absolute atomic E-state index is 0.0457. The molecule has 2 aromatic carbocycles. The molecule has 3 aromatic rings. The zero-order chi connectivity index (χ0) is 21.7. The van der Waals surface area contributed by atoms with Crippen LogP contribution in [0.25, 0.3) is 5.69 Å². The van der Waals surface area contributed by atoms with Gasteiger partial charge in [-0.15, -0.1) is 0 Å². The topological polar surface area (TPSA) is 82.5 Å². The Kier molecular flexibility index (Phi) is 6.96. The molecule has 0 saturated heterocycles. The summed E-state index contributed by atoms with van der Waals surface area (Å²) in [6.45, 7) is 0. The second-order valence-electron chi connectivity index (χ2n) is 5.94. The number of amides is 1. The average Bonchev–Trinajstić information content (AvgIpc) is 2.74. The Labute approximate surface area is 180 Å². The lowest BCUT2D eigenvalue weighted by Gasteiger charge is -2.10. The summed E-state index contributed by atoms with van der Waals surface area (Å²) in [7, 11) is 3.02. The van der Waals surface area contributed by atoms with Gasteiger partial charge in [-0.2, -0.15) is 0 Å². The van der Waals surface area contributed by atoms with Crippen molar-refractivity contribution in [1.29, 1.82) is 0 Å². The van der Waals surface area contributed by atoms with Crippen molar-refractivity contribution in [3.05, 3.63) is 70.0 Å². The van der Waals surface area contributed by atoms with Crippen LogP contribution >= 0.6 is 23.4 Å². The van der Waals surface area contributed by atoms with Crippen LogP contribution in [0.15, 0.2) is 58.6 Å². The molecule has 0 bridgehead atoms. The predicted molar refractivity (Wildman–Crippen MR) is 114 cm³/mol. The largest absolute Gasteiger partial charge is 0.497 e. The molecule has 1 N–H and O–H groups in total. The van der Waals surface area contributed by atoms with Gasteiger partial charge in [-0.1, -0.05) is 23.4 Å². The lowest BCUT2D eigenvalue weighted by atomic mass is 10.2. The van der Waals surface area contributed by atoms with Crippen molar-refractivity contribution in [3.63, 3.8) is 0 Å². The molecule has 0 saturated carbocycles. The lowest BCUT2D eigenvalue weighted by Crippen LogP contribution is -2.22. The highest BCUT2D eigenvalue weighted by atomic mass is 35.5. The number of methoxy groups -OCH3 is 2. The van der Waals surface area contributed by atoms with E-state index in [0.717, 1.165) is 11.8 Å². The van der Waals surface area contributed by atoms with E-state index in [1.54, 1.807) is 18.2 Å². The SMILES string of the molecule is COc1cc(NC(=O)CSc2nccn(-c3ccc(F)c(Cl)c3)c2=O)cc(OC)c1. The molecular formula is C20H17ClFN3O4S. The highest BCUT2D eigenvalue weighted by Gasteiger charge is 2.12. The van der Waals surface area contributed by atoms with Crippen molar-refractivity contribution >= 4 is 35.0 Å². The van der Waals surface area contributed by atoms with E-state index in [4.69, 9.17) is 21.1 Å². The van der Waals surface area contributed by atoms with Crippen LogP contribution in [0.2, 0.25) is 5.02 Å². The molecule has 1 amide bonds. The molecule has 1 heterocycles. The average molecular weight is 450 g/mol. The van der Waals surface area contributed by atoms with Gasteiger partial charge in [0.05, 0.1) is 30.7 Å². The van der Waals surface area contributed by atoms with Gasteiger partial charge in [0, 0.05) is 36.3 Å². The van der Waals surface area contributed by atoms with Crippen molar-refractivity contribution in [3.8, 4) is 17.2 Å². The first-order chi connectivity index (χ1) is 14.4. The van der Waals surface area contributed by atoms with Crippen LogP contribution in [-0.2, 0) is 4.79 Å². The van der Waals surface area contributed by atoms with Crippen LogP contribution in [0, 0.1) is 5.82 Å². The van der Waals surface area contributed by atoms with Crippen LogP contribution in [0.4, 0.5) is 10.1 Å². The number of carbonyl (C=O) groups is 1. The second-order valence-corrected chi connectivity index (χ2v) is 7.32. The molecular weight excluding hydrogens is 433 g/mol. The molecule has 0 radical (unpaired) electrons. The third-order valence-electron chi connectivity index (χ3n) is 3.97. The maximum atomic E-state index is 13.4. The highest BCUT2D eigenvalue weighted by molar-refractivity contribution is 7.99. The molecule has 30 heavy (non-hydrogen) atoms. The van der Waals surface area contributed by atoms with E-state index in [2.05, 4.69) is 10.3 Å². The standard InChI is InChI=1S/C20H17ClFN3O4S/c1-28-14-7-12(8-15(10-14)29-2)24-18(26)11-30-19-20(27)25(6-5-23-19)13-3-4-17(22)16(21)9-13/h3-10H,11H2,1-2H3,(H,24,26). The highest BCUT2D eigenvalue weighted by Crippen LogP contribution is 2.26. The minimum atomic E-state index is -0.581. The maximum absolute atomic E-state index is 13.4. The quantitative estimate of drug-likeness (QED) is 0.553. The molecule has 0 aliphatic carbocycles. The monoisotopic (exact) mass is 449 g/mol. The Balaban J connectivity index is 1.72. The molecule has 3 rings (SSSR count). The molecule has 156 valence electrons. The number of ether oxygens (including phenoxy) is 2. The molecule has 10 heteroatoms. The van der Waals surface area contributed by atoms with Crippen molar-refractivity contribution in [1.82, 2.24) is 9.55 Å². The smallest absolute Gasteiger partial charge is 0.287 e. The van der Waals surface area contributed by atoms with E-state index >= 15 is 0 Å². The zero-order valence-corrected chi connectivity index (χ0v) is 17.6. The van der Waals surface area contributed by atoms with Crippen LogP contribution in [0.1, 0.15) is 0 Å². The van der Waals surface area contributed by atoms with E-state index in [0.29, 0.717) is 22.9 Å². The van der Waals surface area contributed by atoms with Gasteiger partial charge in [-0.25, -0.2) is 9.37 Å². The van der Waals surface area contributed by atoms with Crippen molar-refractivity contribution in [2.24, 2.45) is 0 Å². The van der Waals surface area contributed by atoms with Gasteiger partial charge < -0.3 is 14.8 Å². The minimum Gasteiger partial charge on any atom is -0.497 e. The van der Waals surface area contributed by atoms with E-state index in [-0.39, 0.29) is 21.7 Å². The number of hydrogen-bond donors (Lipinski definition) is 1. The van der Waals surface area contributed by atoms with Gasteiger partial charge in [0.1, 0.15) is 17.3 Å². The number of aromatic nitrogens is 2. The number of rotatable bonds is 7. The van der Waals surface area contributed by atoms with Gasteiger partial charge in [-0.05, 0) is 18.2 Å². The number of benzene rings is 2. The first-order valence-electron chi connectivity index (χ1n) is 8.60. The number of halogens is 2. The fourth-order valence-electron chi connectivity index (χ4n) is 2.54. The number of hydrogen-bond acceptors (Lipinski definition) is 6. The maximum Gasteiger partial charge on any atom is 0.287 e. The third kappa shape index (κ3) is 5.11. The van der Waals surface area contributed by atoms with E-state index in [1.165, 1.54) is 49.4 Å². The summed E-state index contributed by atoms with van der Waals surface area (Å²) >= 11 is 6.78. The number of nitrogens with zero attached hydrogens (tertiary/aromatic N) is 2. The molecule has 0 atom stereocenters. The number of thioether (sulfide) groups is 1. The Morgan fingerprint density at radius 3 is 2.53 bits per heavy atom. The van der Waals surface area contributed by atoms with Gasteiger partial charge in [0.15, 0.2) is 5.03 Å². The van der Waals surface area contributed by atoms with Crippen LogP contribution < -0.4 is 20.3 Å². The van der Waals surface area contributed by atoms with Gasteiger partial charge in [0.25, 0.3) is 5.56 Å². The van der Waals surface area contributed by atoms with Gasteiger partial charge >= 0.3 is 0 Å². The Bertz CT molecular complexity index is 1120. The van der Waals surface area contributed by atoms with E-state index < -0.39 is 11.4 Å². The fourth-order valence-corrected chi connectivity index (χ4v) is 3.41. The van der Waals surface area contributed by atoms with E-state index in [1.807, 2.05) is 0 Å². The molecule has 0 fully saturated rings. The van der Waals surface area contributed by atoms with Crippen molar-refractivity contribution in [2.45, 2.75) is 5.03 Å². The summed E-state index contributed by atoms with van der Waals surface area (Å²) in [5.41, 5.74) is 0.445. The fraction of sp³-hybridized carbons (Fsp3) is 0.150. The number of carbonyl (C=O) groups excluding carboxylic acids is 1. The van der Waals surface area contributed by atoms with Crippen LogP contribution in [-0.4, -0.2) is 35.4 Å². The zero-order valence-electron chi connectivity index (χ0n) is 16.0. The Hall–Kier alpha value is -3.04. The Morgan fingerprint density at radius 2 is 1.90 bits per heavy atom. The molecule has 0 aliphatic rings. The normalized spacial score (nSPS) is 10.5. The number of anilines is 1. The molecule has 1 aromatic heterocycles. The summed E-state index contributed by atoms with van der Waals surface area (Å²) in [4.78, 5) is 29.0. The first kappa shape index (κ1) is 21.7. The van der Waals surface area contributed by atoms with E-state index in [9.17, 15) is 14.0 Å². The summed E-state index contributed by atoms with van der Waals surface area (Å²) < 4.78 is 25.0. The van der Waals surface area contributed by atoms with Crippen molar-refractivity contribution in [2.75, 3.05) is 25.3 Å². The van der Waals surface area contributed by atoms with Gasteiger partial charge in [-0.3, -0.25) is 14.2 Å². The first-order valence-corrected chi connectivity index (χ1v) is 9.96. The van der Waals surface area contributed by atoms with Crippen LogP contribution in [0.3, 0.4) is 0 Å². The molecule has 0 spiro atoms. The van der Waals surface area contributed by atoms with Gasteiger partial charge in [0.2, 0.25) is 5.91 Å². The van der Waals surface area contributed by atoms with Crippen molar-refractivity contribution < 1.29 is 18.7 Å². The second kappa shape index (κ2) is 9.64. The summed E-state index contributed by atoms with van der Waals surface area (Å²) in [6.07, 6.45) is 2.87. The third-order valence-corrected chi connectivity index (χ3v) is 5.22. The summed E-state index contributed by atoms with van der Waals surface area (Å²) in [5.74, 6) is 0.0983. The number of nitrogens with one attached hydrogen (secondary N) is 1. The molecule has 0 aliphatic heterocycles. The Morgan fingerprint density at radius 1 is 1.20 bits per heavy atom. The summed E-state index contributed by atoms with van der Waals surface area (Å²) in [5, 5.41) is 2.75. The molecule has 0 unspecified atom stereocenters. The lowest BCUT2D eigenvalue weighted by molar-refractivity contribution is -0.113. The molecule has 7 nitrogen and oxygen atoms in total. The predicted octanol–water partition coefficient (Wildman–Crippen LogP) is 3.77. The summed E-state index contributed by atoms with van der Waals surface area (Å²) in [6, 6.07) is 8.93. The van der Waals surface area contributed by atoms with Crippen LogP contribution in [0.5, 0.6) is 11.5 Å².